The number of carbonyl (C=O) groups is 1. The van der Waals surface area contributed by atoms with E-state index in [-0.39, 0.29) is 12.3 Å². The van der Waals surface area contributed by atoms with Gasteiger partial charge in [0.1, 0.15) is 0 Å². The van der Waals surface area contributed by atoms with Crippen molar-refractivity contribution in [2.45, 2.75) is 6.42 Å². The van der Waals surface area contributed by atoms with Gasteiger partial charge in [-0.25, -0.2) is 0 Å². The molecule has 0 saturated carbocycles. The highest BCUT2D eigenvalue weighted by atomic mass is 32.1. The lowest BCUT2D eigenvalue weighted by molar-refractivity contribution is -0.120. The van der Waals surface area contributed by atoms with Crippen LogP contribution in [0.5, 0.6) is 0 Å². The summed E-state index contributed by atoms with van der Waals surface area (Å²) < 4.78 is 0. The van der Waals surface area contributed by atoms with Gasteiger partial charge in [-0.2, -0.15) is 0 Å². The van der Waals surface area contributed by atoms with Crippen LogP contribution < -0.4 is 16.2 Å². The number of hydrogen-bond donors (Lipinski definition) is 3. The third-order valence-corrected chi connectivity index (χ3v) is 4.76. The van der Waals surface area contributed by atoms with E-state index in [9.17, 15) is 4.79 Å². The number of hydrazine groups is 1. The van der Waals surface area contributed by atoms with Gasteiger partial charge < -0.3 is 5.32 Å². The Morgan fingerprint density at radius 3 is 2.32 bits per heavy atom. The van der Waals surface area contributed by atoms with Crippen molar-refractivity contribution in [2.24, 2.45) is 0 Å². The number of rotatable bonds is 3. The Bertz CT molecular complexity index is 1170. The highest BCUT2D eigenvalue weighted by Gasteiger charge is 2.07. The first kappa shape index (κ1) is 17.9. The molecule has 0 unspecified atom stereocenters. The molecule has 0 atom stereocenters. The molecule has 5 heteroatoms. The quantitative estimate of drug-likeness (QED) is 0.358. The van der Waals surface area contributed by atoms with Crippen molar-refractivity contribution in [2.75, 3.05) is 5.32 Å². The van der Waals surface area contributed by atoms with Gasteiger partial charge in [-0.3, -0.25) is 15.6 Å². The van der Waals surface area contributed by atoms with Crippen LogP contribution in [-0.2, 0) is 11.2 Å². The topological polar surface area (TPSA) is 53.2 Å². The predicted octanol–water partition coefficient (Wildman–Crippen LogP) is 4.55. The summed E-state index contributed by atoms with van der Waals surface area (Å²) in [7, 11) is 0. The molecule has 4 nitrogen and oxygen atoms in total. The van der Waals surface area contributed by atoms with E-state index in [0.717, 1.165) is 32.8 Å². The number of thiocarbonyl (C=S) groups is 1. The van der Waals surface area contributed by atoms with E-state index in [2.05, 4.69) is 22.2 Å². The molecule has 3 N–H and O–H groups in total. The maximum atomic E-state index is 12.3. The molecule has 28 heavy (non-hydrogen) atoms. The Hall–Kier alpha value is -3.44. The molecule has 0 heterocycles. The fourth-order valence-corrected chi connectivity index (χ4v) is 3.39. The SMILES string of the molecule is O=C(Cc1cccc2ccccc12)NNC(=S)Nc1ccc2ccccc2c1. The second-order valence-corrected chi connectivity index (χ2v) is 6.91. The van der Waals surface area contributed by atoms with Crippen molar-refractivity contribution in [1.82, 2.24) is 10.9 Å². The van der Waals surface area contributed by atoms with Crippen LogP contribution in [0.4, 0.5) is 5.69 Å². The number of hydrogen-bond acceptors (Lipinski definition) is 2. The largest absolute Gasteiger partial charge is 0.331 e. The molecule has 4 rings (SSSR count). The van der Waals surface area contributed by atoms with Crippen LogP contribution in [0, 0.1) is 0 Å². The Balaban J connectivity index is 1.35. The van der Waals surface area contributed by atoms with Crippen LogP contribution in [0.25, 0.3) is 21.5 Å². The molecule has 1 amide bonds. The number of nitrogens with one attached hydrogen (secondary N) is 3. The maximum absolute atomic E-state index is 12.3. The van der Waals surface area contributed by atoms with Crippen LogP contribution in [-0.4, -0.2) is 11.0 Å². The minimum Gasteiger partial charge on any atom is -0.331 e. The van der Waals surface area contributed by atoms with Crippen LogP contribution >= 0.6 is 12.2 Å². The number of benzene rings is 4. The summed E-state index contributed by atoms with van der Waals surface area (Å²) in [5.41, 5.74) is 7.27. The lowest BCUT2D eigenvalue weighted by atomic mass is 10.0. The monoisotopic (exact) mass is 385 g/mol. The zero-order chi connectivity index (χ0) is 19.3. The molecule has 0 radical (unpaired) electrons. The summed E-state index contributed by atoms with van der Waals surface area (Å²) >= 11 is 5.28. The summed E-state index contributed by atoms with van der Waals surface area (Å²) in [6, 6.07) is 28.1. The second kappa shape index (κ2) is 8.06. The molecular formula is C23H19N3OS. The smallest absolute Gasteiger partial charge is 0.242 e. The first-order chi connectivity index (χ1) is 13.7. The molecule has 0 aliphatic carbocycles. The number of amides is 1. The zero-order valence-corrected chi connectivity index (χ0v) is 15.9. The fourth-order valence-electron chi connectivity index (χ4n) is 3.22. The number of anilines is 1. The Morgan fingerprint density at radius 2 is 1.46 bits per heavy atom. The standard InChI is InChI=1S/C23H19N3OS/c27-22(15-19-10-5-9-17-7-3-4-11-21(17)19)25-26-23(28)24-20-13-12-16-6-1-2-8-18(16)14-20/h1-14H,15H2,(H,25,27)(H2,24,26,28). The minimum absolute atomic E-state index is 0.154. The maximum Gasteiger partial charge on any atom is 0.242 e. The Kier molecular flexibility index (Phi) is 5.17. The predicted molar refractivity (Wildman–Crippen MR) is 119 cm³/mol. The summed E-state index contributed by atoms with van der Waals surface area (Å²) in [6.07, 6.45) is 0.271. The van der Waals surface area contributed by atoms with Crippen molar-refractivity contribution < 1.29 is 4.79 Å². The Morgan fingerprint density at radius 1 is 0.750 bits per heavy atom. The zero-order valence-electron chi connectivity index (χ0n) is 15.1. The Labute approximate surface area is 168 Å². The van der Waals surface area contributed by atoms with Crippen LogP contribution in [0.2, 0.25) is 0 Å². The van der Waals surface area contributed by atoms with E-state index in [1.807, 2.05) is 78.9 Å². The van der Waals surface area contributed by atoms with Gasteiger partial charge in [0, 0.05) is 5.69 Å². The summed E-state index contributed by atoms with van der Waals surface area (Å²) in [6.45, 7) is 0. The first-order valence-corrected chi connectivity index (χ1v) is 9.41. The van der Waals surface area contributed by atoms with Gasteiger partial charge in [-0.1, -0.05) is 72.8 Å². The van der Waals surface area contributed by atoms with Crippen LogP contribution in [0.3, 0.4) is 0 Å². The summed E-state index contributed by atoms with van der Waals surface area (Å²) in [5, 5.41) is 7.91. The molecule has 0 bridgehead atoms. The van der Waals surface area contributed by atoms with Gasteiger partial charge in [0.15, 0.2) is 5.11 Å². The molecule has 4 aromatic carbocycles. The van der Waals surface area contributed by atoms with Gasteiger partial charge >= 0.3 is 0 Å². The number of fused-ring (bicyclic) bond motifs is 2. The molecule has 138 valence electrons. The van der Waals surface area contributed by atoms with E-state index >= 15 is 0 Å². The average Bonchev–Trinajstić information content (AvgIpc) is 2.72. The van der Waals surface area contributed by atoms with Crippen molar-refractivity contribution in [3.8, 4) is 0 Å². The molecule has 0 spiro atoms. The average molecular weight is 385 g/mol. The molecule has 0 aromatic heterocycles. The van der Waals surface area contributed by atoms with Crippen molar-refractivity contribution in [3.05, 3.63) is 90.5 Å². The lowest BCUT2D eigenvalue weighted by Crippen LogP contribution is -2.44. The molecular weight excluding hydrogens is 366 g/mol. The van der Waals surface area contributed by atoms with E-state index in [4.69, 9.17) is 12.2 Å². The third-order valence-electron chi connectivity index (χ3n) is 4.55. The van der Waals surface area contributed by atoms with Crippen molar-refractivity contribution in [3.63, 3.8) is 0 Å². The van der Waals surface area contributed by atoms with E-state index in [0.29, 0.717) is 5.11 Å². The molecule has 0 fully saturated rings. The molecule has 0 saturated heterocycles. The fraction of sp³-hybridized carbons (Fsp3) is 0.0435. The lowest BCUT2D eigenvalue weighted by Gasteiger charge is -2.13. The summed E-state index contributed by atoms with van der Waals surface area (Å²) in [4.78, 5) is 12.3. The van der Waals surface area contributed by atoms with Gasteiger partial charge in [0.2, 0.25) is 5.91 Å². The third kappa shape index (κ3) is 4.10. The minimum atomic E-state index is -0.154. The van der Waals surface area contributed by atoms with Crippen molar-refractivity contribution in [1.29, 1.82) is 0 Å². The first-order valence-electron chi connectivity index (χ1n) is 9.00. The highest BCUT2D eigenvalue weighted by molar-refractivity contribution is 7.80. The van der Waals surface area contributed by atoms with Crippen molar-refractivity contribution >= 4 is 50.5 Å². The van der Waals surface area contributed by atoms with Crippen LogP contribution in [0.15, 0.2) is 84.9 Å². The normalized spacial score (nSPS) is 10.6. The van der Waals surface area contributed by atoms with E-state index < -0.39 is 0 Å². The summed E-state index contributed by atoms with van der Waals surface area (Å²) in [5.74, 6) is -0.154. The highest BCUT2D eigenvalue weighted by Crippen LogP contribution is 2.19. The molecule has 0 aliphatic heterocycles. The van der Waals surface area contributed by atoms with Crippen LogP contribution in [0.1, 0.15) is 5.56 Å². The van der Waals surface area contributed by atoms with Gasteiger partial charge in [-0.15, -0.1) is 0 Å². The van der Waals surface area contributed by atoms with Gasteiger partial charge in [0.05, 0.1) is 6.42 Å². The second-order valence-electron chi connectivity index (χ2n) is 6.50. The van der Waals surface area contributed by atoms with Gasteiger partial charge in [-0.05, 0) is 51.5 Å². The van der Waals surface area contributed by atoms with E-state index in [1.54, 1.807) is 0 Å². The van der Waals surface area contributed by atoms with Gasteiger partial charge in [0.25, 0.3) is 0 Å². The molecule has 4 aromatic rings. The number of carbonyl (C=O) groups excluding carboxylic acids is 1. The van der Waals surface area contributed by atoms with E-state index in [1.165, 1.54) is 0 Å². The molecule has 0 aliphatic rings.